The molecule has 2 aromatic carbocycles. The smallest absolute Gasteiger partial charge is 0.0405 e. The molecular weight excluding hydrogens is 590 g/mol. The van der Waals surface area contributed by atoms with E-state index in [0.717, 1.165) is 33.6 Å². The molecule has 0 aliphatic heterocycles. The predicted octanol–water partition coefficient (Wildman–Crippen LogP) is 6.60. The monoisotopic (exact) mass is 610 g/mol. The van der Waals surface area contributed by atoms with Crippen molar-refractivity contribution >= 4 is 0 Å². The van der Waals surface area contributed by atoms with Crippen molar-refractivity contribution in [3.63, 3.8) is 0 Å². The molecule has 0 saturated heterocycles. The van der Waals surface area contributed by atoms with Crippen LogP contribution in [0.1, 0.15) is 5.56 Å². The fraction of sp³-hybridized carbons (Fsp3) is 0.0357. The second-order valence-electron chi connectivity index (χ2n) is 7.03. The van der Waals surface area contributed by atoms with Crippen molar-refractivity contribution in [1.29, 1.82) is 0 Å². The summed E-state index contributed by atoms with van der Waals surface area (Å²) in [6, 6.07) is 30.1. The third kappa shape index (κ3) is 6.48. The number of hydrogen-bond donors (Lipinski definition) is 0. The normalized spacial score (nSPS) is 9.88. The molecule has 165 valence electrons. The molecule has 5 rings (SSSR count). The molecule has 5 heteroatoms. The summed E-state index contributed by atoms with van der Waals surface area (Å²) in [5.41, 5.74) is 6.50. The fourth-order valence-corrected chi connectivity index (χ4v) is 3.19. The minimum absolute atomic E-state index is 0. The maximum absolute atomic E-state index is 13.2. The van der Waals surface area contributed by atoms with E-state index in [2.05, 4.69) is 27.1 Å². The molecule has 1 radical (unpaired) electrons. The van der Waals surface area contributed by atoms with Crippen molar-refractivity contribution in [3.05, 3.63) is 127 Å². The molecule has 33 heavy (non-hydrogen) atoms. The Hall–Kier alpha value is -3.53. The number of aryl methyl sites for hydroxylation is 1. The molecule has 0 unspecified atom stereocenters. The van der Waals surface area contributed by atoms with Crippen molar-refractivity contribution in [2.24, 2.45) is 0 Å². The van der Waals surface area contributed by atoms with Crippen LogP contribution in [0.5, 0.6) is 0 Å². The zero-order chi connectivity index (χ0) is 22.2. The predicted molar refractivity (Wildman–Crippen MR) is 125 cm³/mol. The minimum atomic E-state index is -0.377. The number of nitrogens with zero attached hydrogens (tertiary/aromatic N) is 3. The van der Waals surface area contributed by atoms with Crippen LogP contribution in [0.15, 0.2) is 104 Å². The Kier molecular flexibility index (Phi) is 8.70. The largest absolute Gasteiger partial charge is 0.305 e. The summed E-state index contributed by atoms with van der Waals surface area (Å²) in [6.45, 7) is 2.01. The van der Waals surface area contributed by atoms with Gasteiger partial charge in [-0.2, -0.15) is 0 Å². The summed E-state index contributed by atoms with van der Waals surface area (Å²) in [4.78, 5) is 12.7. The van der Waals surface area contributed by atoms with Gasteiger partial charge in [0.05, 0.1) is 0 Å². The molecule has 0 amide bonds. The second-order valence-corrected chi connectivity index (χ2v) is 7.03. The van der Waals surface area contributed by atoms with Crippen molar-refractivity contribution in [1.82, 2.24) is 15.0 Å². The molecule has 3 aromatic heterocycles. The van der Waals surface area contributed by atoms with Gasteiger partial charge in [0.15, 0.2) is 0 Å². The topological polar surface area (TPSA) is 38.7 Å². The number of pyridine rings is 3. The van der Waals surface area contributed by atoms with Gasteiger partial charge in [-0.05, 0) is 36.0 Å². The zero-order valence-electron chi connectivity index (χ0n) is 17.9. The quantitative estimate of drug-likeness (QED) is 0.216. The first kappa shape index (κ1) is 24.1. The van der Waals surface area contributed by atoms with Crippen LogP contribution in [0.2, 0.25) is 0 Å². The Balaban J connectivity index is 0.000000202. The van der Waals surface area contributed by atoms with Crippen LogP contribution >= 0.6 is 0 Å². The summed E-state index contributed by atoms with van der Waals surface area (Å²) >= 11 is 0. The first-order valence-corrected chi connectivity index (χ1v) is 10.1. The van der Waals surface area contributed by atoms with Crippen molar-refractivity contribution in [3.8, 4) is 33.6 Å². The van der Waals surface area contributed by atoms with Gasteiger partial charge < -0.3 is 9.97 Å². The SMILES string of the molecule is Cc1cc(-c2[c-]c(F)ccc2)ncc1-c1cccnc1.[Ir].[c-]1ccccc1-c1ccccn1. The number of rotatable bonds is 3. The van der Waals surface area contributed by atoms with Crippen LogP contribution < -0.4 is 0 Å². The fourth-order valence-electron chi connectivity index (χ4n) is 3.19. The average molecular weight is 610 g/mol. The summed E-state index contributed by atoms with van der Waals surface area (Å²) < 4.78 is 13.2. The summed E-state index contributed by atoms with van der Waals surface area (Å²) in [5.74, 6) is -0.377. The summed E-state index contributed by atoms with van der Waals surface area (Å²) in [5, 5.41) is 0. The van der Waals surface area contributed by atoms with Crippen LogP contribution in [-0.2, 0) is 20.1 Å². The van der Waals surface area contributed by atoms with Crippen LogP contribution in [0.3, 0.4) is 0 Å². The summed E-state index contributed by atoms with van der Waals surface area (Å²) in [6.07, 6.45) is 7.12. The van der Waals surface area contributed by atoms with Crippen LogP contribution in [0.4, 0.5) is 4.39 Å². The minimum Gasteiger partial charge on any atom is -0.305 e. The molecule has 0 aliphatic carbocycles. The van der Waals surface area contributed by atoms with E-state index in [4.69, 9.17) is 0 Å². The van der Waals surface area contributed by atoms with E-state index in [1.165, 1.54) is 6.07 Å². The standard InChI is InChI=1S/C17H12FN2.C11H8N.Ir/c1-12-8-17(13-4-2-6-15(18)9-13)20-11-16(12)14-5-3-7-19-10-14;1-2-6-10(7-3-1)11-8-4-5-9-12-11;/h2-8,10-11H,1H3;1-6,8-9H;/q2*-1;. The van der Waals surface area contributed by atoms with Crippen LogP contribution in [-0.4, -0.2) is 15.0 Å². The maximum atomic E-state index is 13.2. The van der Waals surface area contributed by atoms with E-state index in [1.54, 1.807) is 36.9 Å². The van der Waals surface area contributed by atoms with E-state index < -0.39 is 0 Å². The maximum Gasteiger partial charge on any atom is 0.0405 e. The van der Waals surface area contributed by atoms with Crippen LogP contribution in [0, 0.1) is 24.9 Å². The number of benzene rings is 2. The van der Waals surface area contributed by atoms with E-state index in [-0.39, 0.29) is 25.9 Å². The Morgan fingerprint density at radius 2 is 1.61 bits per heavy atom. The molecule has 0 N–H and O–H groups in total. The van der Waals surface area contributed by atoms with Crippen molar-refractivity contribution < 1.29 is 24.5 Å². The van der Waals surface area contributed by atoms with Gasteiger partial charge in [-0.15, -0.1) is 65.7 Å². The number of halogens is 1. The van der Waals surface area contributed by atoms with E-state index in [1.807, 2.05) is 67.6 Å². The molecule has 0 atom stereocenters. The van der Waals surface area contributed by atoms with E-state index in [9.17, 15) is 4.39 Å². The van der Waals surface area contributed by atoms with Gasteiger partial charge in [0.1, 0.15) is 0 Å². The molecule has 0 saturated carbocycles. The van der Waals surface area contributed by atoms with Gasteiger partial charge in [0.2, 0.25) is 0 Å². The van der Waals surface area contributed by atoms with E-state index in [0.29, 0.717) is 5.56 Å². The second kappa shape index (κ2) is 11.9. The summed E-state index contributed by atoms with van der Waals surface area (Å²) in [7, 11) is 0. The molecule has 3 heterocycles. The Morgan fingerprint density at radius 1 is 0.758 bits per heavy atom. The molecule has 3 nitrogen and oxygen atoms in total. The van der Waals surface area contributed by atoms with Gasteiger partial charge in [-0.25, -0.2) is 4.39 Å². The molecule has 0 bridgehead atoms. The van der Waals surface area contributed by atoms with Gasteiger partial charge in [-0.3, -0.25) is 4.98 Å². The van der Waals surface area contributed by atoms with Gasteiger partial charge in [-0.1, -0.05) is 24.3 Å². The number of hydrogen-bond acceptors (Lipinski definition) is 3. The Bertz CT molecular complexity index is 1240. The Labute approximate surface area is 206 Å². The average Bonchev–Trinajstić information content (AvgIpc) is 2.86. The van der Waals surface area contributed by atoms with Crippen LogP contribution in [0.25, 0.3) is 33.6 Å². The first-order chi connectivity index (χ1) is 15.7. The third-order valence-corrected chi connectivity index (χ3v) is 4.77. The van der Waals surface area contributed by atoms with Gasteiger partial charge in [0, 0.05) is 61.8 Å². The van der Waals surface area contributed by atoms with Crippen molar-refractivity contribution in [2.45, 2.75) is 6.92 Å². The third-order valence-electron chi connectivity index (χ3n) is 4.77. The molecule has 0 spiro atoms. The van der Waals surface area contributed by atoms with Crippen molar-refractivity contribution in [2.75, 3.05) is 0 Å². The molecule has 0 aliphatic rings. The van der Waals surface area contributed by atoms with E-state index >= 15 is 0 Å². The molecule has 5 aromatic rings. The molecule has 0 fully saturated rings. The number of aromatic nitrogens is 3. The Morgan fingerprint density at radius 3 is 2.27 bits per heavy atom. The first-order valence-electron chi connectivity index (χ1n) is 10.1. The zero-order valence-corrected chi connectivity index (χ0v) is 20.3. The van der Waals surface area contributed by atoms with Gasteiger partial charge >= 0.3 is 0 Å². The molecular formula is C28H20FIrN3-2. The van der Waals surface area contributed by atoms with Gasteiger partial charge in [0.25, 0.3) is 0 Å².